The maximum absolute atomic E-state index is 11.5. The molecule has 1 fully saturated rings. The van der Waals surface area contributed by atoms with Gasteiger partial charge in [0.25, 0.3) is 0 Å². The predicted octanol–water partition coefficient (Wildman–Crippen LogP) is 1.94. The minimum atomic E-state index is -2.92. The number of methoxy groups -OCH3 is 2. The molecule has 0 aromatic heterocycles. The molecule has 0 amide bonds. The first kappa shape index (κ1) is 22.3. The molecule has 0 bridgehead atoms. The van der Waals surface area contributed by atoms with Gasteiger partial charge in [-0.15, -0.1) is 24.0 Å². The number of sulfone groups is 1. The first-order valence-corrected chi connectivity index (χ1v) is 10.1. The molecule has 2 rings (SSSR count). The monoisotopic (exact) mass is 547 g/mol. The number of benzene rings is 1. The molecule has 7 nitrogen and oxygen atoms in total. The fourth-order valence-electron chi connectivity index (χ4n) is 2.56. The van der Waals surface area contributed by atoms with Crippen molar-refractivity contribution in [1.29, 1.82) is 0 Å². The quantitative estimate of drug-likeness (QED) is 0.333. The van der Waals surface area contributed by atoms with E-state index in [0.29, 0.717) is 30.4 Å². The van der Waals surface area contributed by atoms with Crippen molar-refractivity contribution in [2.75, 3.05) is 32.8 Å². The van der Waals surface area contributed by atoms with Gasteiger partial charge in [0.1, 0.15) is 0 Å². The van der Waals surface area contributed by atoms with Gasteiger partial charge >= 0.3 is 0 Å². The van der Waals surface area contributed by atoms with Gasteiger partial charge in [-0.3, -0.25) is 4.99 Å². The third-order valence-corrected chi connectivity index (χ3v) is 6.11. The molecular formula is C15H23BrIN3O4S. The number of rotatable bonds is 5. The maximum Gasteiger partial charge on any atom is 0.191 e. The van der Waals surface area contributed by atoms with E-state index >= 15 is 0 Å². The predicted molar refractivity (Wildman–Crippen MR) is 113 cm³/mol. The van der Waals surface area contributed by atoms with E-state index < -0.39 is 9.84 Å². The Morgan fingerprint density at radius 1 is 1.36 bits per heavy atom. The van der Waals surface area contributed by atoms with Crippen LogP contribution in [0, 0.1) is 0 Å². The average molecular weight is 548 g/mol. The number of hydrogen-bond donors (Lipinski definition) is 2. The summed E-state index contributed by atoms with van der Waals surface area (Å²) in [5, 5.41) is 6.33. The van der Waals surface area contributed by atoms with Crippen molar-refractivity contribution in [2.45, 2.75) is 19.0 Å². The Morgan fingerprint density at radius 2 is 2.08 bits per heavy atom. The van der Waals surface area contributed by atoms with Crippen molar-refractivity contribution in [1.82, 2.24) is 10.6 Å². The van der Waals surface area contributed by atoms with E-state index in [1.54, 1.807) is 21.3 Å². The third-order valence-electron chi connectivity index (χ3n) is 3.75. The third kappa shape index (κ3) is 6.17. The normalized spacial score (nSPS) is 19.0. The van der Waals surface area contributed by atoms with Gasteiger partial charge in [-0.1, -0.05) is 0 Å². The SMILES string of the molecule is CN=C(NCc1cc(Br)c(OC)c(OC)c1)NC1CCS(=O)(=O)C1.I. The molecule has 10 heteroatoms. The summed E-state index contributed by atoms with van der Waals surface area (Å²) in [6, 6.07) is 3.71. The highest BCUT2D eigenvalue weighted by atomic mass is 127. The summed E-state index contributed by atoms with van der Waals surface area (Å²) in [6.07, 6.45) is 0.602. The van der Waals surface area contributed by atoms with E-state index in [9.17, 15) is 8.42 Å². The number of ether oxygens (including phenoxy) is 2. The highest BCUT2D eigenvalue weighted by molar-refractivity contribution is 14.0. The lowest BCUT2D eigenvalue weighted by Crippen LogP contribution is -2.43. The van der Waals surface area contributed by atoms with Gasteiger partial charge in [0, 0.05) is 19.6 Å². The number of hydrogen-bond acceptors (Lipinski definition) is 5. The van der Waals surface area contributed by atoms with Crippen LogP contribution in [0.2, 0.25) is 0 Å². The number of nitrogens with one attached hydrogen (secondary N) is 2. The molecule has 25 heavy (non-hydrogen) atoms. The minimum absolute atomic E-state index is 0. The minimum Gasteiger partial charge on any atom is -0.493 e. The van der Waals surface area contributed by atoms with E-state index in [1.807, 2.05) is 12.1 Å². The zero-order chi connectivity index (χ0) is 17.7. The molecule has 1 heterocycles. The largest absolute Gasteiger partial charge is 0.493 e. The van der Waals surface area contributed by atoms with Crippen molar-refractivity contribution in [3.05, 3.63) is 22.2 Å². The van der Waals surface area contributed by atoms with Gasteiger partial charge in [0.15, 0.2) is 27.3 Å². The van der Waals surface area contributed by atoms with E-state index in [-0.39, 0.29) is 41.5 Å². The zero-order valence-corrected chi connectivity index (χ0v) is 19.1. The Hall–Kier alpha value is -0.750. The van der Waals surface area contributed by atoms with Gasteiger partial charge in [0.2, 0.25) is 0 Å². The van der Waals surface area contributed by atoms with Gasteiger partial charge < -0.3 is 20.1 Å². The summed E-state index contributed by atoms with van der Waals surface area (Å²) in [6.45, 7) is 0.512. The van der Waals surface area contributed by atoms with Crippen molar-refractivity contribution >= 4 is 55.7 Å². The Kier molecular flexibility index (Phi) is 8.75. The molecule has 0 saturated carbocycles. The molecule has 1 unspecified atom stereocenters. The van der Waals surface area contributed by atoms with Gasteiger partial charge in [-0.05, 0) is 40.0 Å². The van der Waals surface area contributed by atoms with Crippen LogP contribution in [0.3, 0.4) is 0 Å². The summed E-state index contributed by atoms with van der Waals surface area (Å²) < 4.78 is 34.5. The maximum atomic E-state index is 11.5. The number of halogens is 2. The summed E-state index contributed by atoms with van der Waals surface area (Å²) in [4.78, 5) is 4.15. The molecule has 0 spiro atoms. The van der Waals surface area contributed by atoms with Crippen LogP contribution in [0.15, 0.2) is 21.6 Å². The standard InChI is InChI=1S/C15H22BrN3O4S.HI/c1-17-15(19-11-4-5-24(20,21)9-11)18-8-10-6-12(16)14(23-3)13(7-10)22-2;/h6-7,11H,4-5,8-9H2,1-3H3,(H2,17,18,19);1H. The lowest BCUT2D eigenvalue weighted by molar-refractivity contribution is 0.352. The van der Waals surface area contributed by atoms with Crippen LogP contribution in [0.25, 0.3) is 0 Å². The summed E-state index contributed by atoms with van der Waals surface area (Å²) in [5.41, 5.74) is 0.974. The fourth-order valence-corrected chi connectivity index (χ4v) is 4.88. The molecule has 1 aliphatic rings. The second-order valence-corrected chi connectivity index (χ2v) is 8.57. The van der Waals surface area contributed by atoms with Crippen LogP contribution in [-0.4, -0.2) is 53.2 Å². The molecule has 0 aliphatic carbocycles. The smallest absolute Gasteiger partial charge is 0.191 e. The Balaban J connectivity index is 0.00000312. The number of guanidine groups is 1. The Labute approximate surface area is 174 Å². The molecule has 1 aromatic carbocycles. The van der Waals surface area contributed by atoms with Crippen molar-refractivity contribution in [3.8, 4) is 11.5 Å². The summed E-state index contributed by atoms with van der Waals surface area (Å²) in [5.74, 6) is 2.22. The zero-order valence-electron chi connectivity index (χ0n) is 14.3. The lowest BCUT2D eigenvalue weighted by Gasteiger charge is -2.17. The first-order valence-electron chi connectivity index (χ1n) is 7.46. The molecule has 1 aliphatic heterocycles. The van der Waals surface area contributed by atoms with Crippen LogP contribution >= 0.6 is 39.9 Å². The van der Waals surface area contributed by atoms with Gasteiger partial charge in [-0.2, -0.15) is 0 Å². The van der Waals surface area contributed by atoms with Crippen molar-refractivity contribution in [3.63, 3.8) is 0 Å². The molecular weight excluding hydrogens is 525 g/mol. The van der Waals surface area contributed by atoms with Crippen molar-refractivity contribution in [2.24, 2.45) is 4.99 Å². The topological polar surface area (TPSA) is 89.0 Å². The molecule has 1 aromatic rings. The van der Waals surface area contributed by atoms with E-state index in [1.165, 1.54) is 0 Å². The van der Waals surface area contributed by atoms with E-state index in [0.717, 1.165) is 10.0 Å². The lowest BCUT2D eigenvalue weighted by atomic mass is 10.2. The molecule has 1 saturated heterocycles. The average Bonchev–Trinajstić information content (AvgIpc) is 2.89. The number of nitrogens with zero attached hydrogens (tertiary/aromatic N) is 1. The van der Waals surface area contributed by atoms with Gasteiger partial charge in [-0.25, -0.2) is 8.42 Å². The molecule has 142 valence electrons. The van der Waals surface area contributed by atoms with Crippen LogP contribution in [-0.2, 0) is 16.4 Å². The number of aliphatic imine (C=N–C) groups is 1. The van der Waals surface area contributed by atoms with Crippen LogP contribution in [0.5, 0.6) is 11.5 Å². The summed E-state index contributed by atoms with van der Waals surface area (Å²) >= 11 is 3.46. The Morgan fingerprint density at radius 3 is 2.60 bits per heavy atom. The van der Waals surface area contributed by atoms with Gasteiger partial charge in [0.05, 0.1) is 30.2 Å². The Bertz CT molecular complexity index is 728. The molecule has 0 radical (unpaired) electrons. The summed E-state index contributed by atoms with van der Waals surface area (Å²) in [7, 11) is 1.91. The molecule has 1 atom stereocenters. The fraction of sp³-hybridized carbons (Fsp3) is 0.533. The first-order chi connectivity index (χ1) is 11.4. The van der Waals surface area contributed by atoms with Crippen LogP contribution in [0.1, 0.15) is 12.0 Å². The second kappa shape index (κ2) is 9.81. The van der Waals surface area contributed by atoms with Crippen LogP contribution in [0.4, 0.5) is 0 Å². The van der Waals surface area contributed by atoms with E-state index in [2.05, 4.69) is 31.6 Å². The van der Waals surface area contributed by atoms with Crippen LogP contribution < -0.4 is 20.1 Å². The highest BCUT2D eigenvalue weighted by Gasteiger charge is 2.28. The second-order valence-electron chi connectivity index (χ2n) is 5.48. The van der Waals surface area contributed by atoms with E-state index in [4.69, 9.17) is 9.47 Å². The highest BCUT2D eigenvalue weighted by Crippen LogP contribution is 2.36. The molecule has 2 N–H and O–H groups in total. The van der Waals surface area contributed by atoms with Crippen molar-refractivity contribution < 1.29 is 17.9 Å².